The zero-order valence-electron chi connectivity index (χ0n) is 27.0. The second-order valence-corrected chi connectivity index (χ2v) is 13.1. The number of benzene rings is 8. The van der Waals surface area contributed by atoms with Crippen LogP contribution in [-0.4, -0.2) is 9.38 Å². The normalized spacial score (nSPS) is 12.0. The van der Waals surface area contributed by atoms with Crippen LogP contribution >= 0.6 is 0 Å². The lowest BCUT2D eigenvalue weighted by Gasteiger charge is -2.18. The number of hydrogen-bond donors (Lipinski definition) is 0. The number of para-hydroxylation sites is 2. The molecule has 0 radical (unpaired) electrons. The minimum Gasteiger partial charge on any atom is -0.454 e. The van der Waals surface area contributed by atoms with Crippen LogP contribution in [0.5, 0.6) is 0 Å². The number of furan rings is 1. The largest absolute Gasteiger partial charge is 0.454 e. The molecule has 0 bridgehead atoms. The predicted octanol–water partition coefficient (Wildman–Crippen LogP) is 12.8. The lowest BCUT2D eigenvalue weighted by molar-refractivity contribution is 0.672. The number of rotatable bonds is 3. The highest BCUT2D eigenvalue weighted by molar-refractivity contribution is 6.22. The molecule has 50 heavy (non-hydrogen) atoms. The second-order valence-electron chi connectivity index (χ2n) is 13.1. The molecule has 0 N–H and O–H groups in total. The Bertz CT molecular complexity index is 3130. The van der Waals surface area contributed by atoms with Crippen molar-refractivity contribution >= 4 is 71.1 Å². The van der Waals surface area contributed by atoms with Crippen molar-refractivity contribution in [3.05, 3.63) is 170 Å². The van der Waals surface area contributed by atoms with Crippen molar-refractivity contribution in [1.29, 1.82) is 0 Å². The second kappa shape index (κ2) is 10.4. The molecule has 0 saturated carbocycles. The fourth-order valence-electron chi connectivity index (χ4n) is 8.17. The summed E-state index contributed by atoms with van der Waals surface area (Å²) in [5.41, 5.74) is 13.0. The summed E-state index contributed by atoms with van der Waals surface area (Å²) in [7, 11) is 0. The van der Waals surface area contributed by atoms with E-state index in [-0.39, 0.29) is 0 Å². The monoisotopic (exact) mass is 636 g/mol. The maximum atomic E-state index is 6.69. The van der Waals surface area contributed by atoms with E-state index in [4.69, 9.17) is 9.40 Å². The Balaban J connectivity index is 1.23. The van der Waals surface area contributed by atoms with Gasteiger partial charge in [0.05, 0.1) is 11.0 Å². The van der Waals surface area contributed by atoms with E-state index in [1.807, 2.05) is 0 Å². The average molecular weight is 637 g/mol. The van der Waals surface area contributed by atoms with E-state index in [2.05, 4.69) is 174 Å². The highest BCUT2D eigenvalue weighted by Gasteiger charge is 2.21. The maximum Gasteiger partial charge on any atom is 0.160 e. The first-order chi connectivity index (χ1) is 24.8. The number of pyridine rings is 1. The molecule has 0 aliphatic rings. The molecule has 232 valence electrons. The SMILES string of the molecule is c1ccc(-c2c3ccccc3c(-c3ccccc3)c3cc(-c4ccc5oc6c7ccccc7c7nc8ccccc8n7c6c5c4)ccc23)cc1. The van der Waals surface area contributed by atoms with E-state index in [0.717, 1.165) is 60.6 Å². The van der Waals surface area contributed by atoms with Crippen molar-refractivity contribution in [1.82, 2.24) is 9.38 Å². The molecule has 3 nitrogen and oxygen atoms in total. The summed E-state index contributed by atoms with van der Waals surface area (Å²) < 4.78 is 8.98. The van der Waals surface area contributed by atoms with Crippen molar-refractivity contribution in [2.45, 2.75) is 0 Å². The molecule has 0 atom stereocenters. The van der Waals surface area contributed by atoms with Crippen LogP contribution in [0, 0.1) is 0 Å². The number of hydrogen-bond acceptors (Lipinski definition) is 2. The van der Waals surface area contributed by atoms with E-state index < -0.39 is 0 Å². The molecule has 11 rings (SSSR count). The first kappa shape index (κ1) is 27.3. The molecule has 0 amide bonds. The Hall–Kier alpha value is -6.71. The average Bonchev–Trinajstić information content (AvgIpc) is 3.76. The summed E-state index contributed by atoms with van der Waals surface area (Å²) in [6.07, 6.45) is 0. The van der Waals surface area contributed by atoms with Crippen LogP contribution in [-0.2, 0) is 0 Å². The van der Waals surface area contributed by atoms with Crippen molar-refractivity contribution in [3.8, 4) is 33.4 Å². The quantitative estimate of drug-likeness (QED) is 0.181. The molecule has 3 aromatic heterocycles. The van der Waals surface area contributed by atoms with E-state index in [1.165, 1.54) is 43.8 Å². The van der Waals surface area contributed by atoms with Gasteiger partial charge in [-0.1, -0.05) is 140 Å². The van der Waals surface area contributed by atoms with Gasteiger partial charge in [0, 0.05) is 16.2 Å². The van der Waals surface area contributed by atoms with Gasteiger partial charge < -0.3 is 4.42 Å². The fraction of sp³-hybridized carbons (Fsp3) is 0. The van der Waals surface area contributed by atoms with Crippen molar-refractivity contribution in [3.63, 3.8) is 0 Å². The summed E-state index contributed by atoms with van der Waals surface area (Å²) in [5.74, 6) is 0. The highest BCUT2D eigenvalue weighted by Crippen LogP contribution is 2.45. The molecule has 3 heterocycles. The zero-order valence-corrected chi connectivity index (χ0v) is 27.0. The summed E-state index contributed by atoms with van der Waals surface area (Å²) in [6.45, 7) is 0. The molecule has 0 aliphatic carbocycles. The van der Waals surface area contributed by atoms with Gasteiger partial charge in [-0.15, -0.1) is 0 Å². The summed E-state index contributed by atoms with van der Waals surface area (Å²) in [6, 6.07) is 60.8. The number of imidazole rings is 1. The fourth-order valence-corrected chi connectivity index (χ4v) is 8.17. The molecule has 11 aromatic rings. The van der Waals surface area contributed by atoms with Gasteiger partial charge in [0.1, 0.15) is 16.7 Å². The number of nitrogens with zero attached hydrogens (tertiary/aromatic N) is 2. The standard InChI is InChI=1S/C47H28N2O/c1-3-13-29(14-4-1)43-33-17-7-8-18-34(33)44(30-15-5-2-6-16-30)38-27-31(23-25-35(38)43)32-24-26-42-39(28-32)45-46(50-42)36-19-9-10-20-37(36)47-48-40-21-11-12-22-41(40)49(45)47/h1-28H. The zero-order chi connectivity index (χ0) is 32.8. The lowest BCUT2D eigenvalue weighted by atomic mass is 9.85. The Morgan fingerprint density at radius 2 is 0.940 bits per heavy atom. The Morgan fingerprint density at radius 1 is 0.400 bits per heavy atom. The molecule has 0 saturated heterocycles. The maximum absolute atomic E-state index is 6.69. The lowest BCUT2D eigenvalue weighted by Crippen LogP contribution is -1.91. The molecule has 3 heteroatoms. The van der Waals surface area contributed by atoms with Gasteiger partial charge >= 0.3 is 0 Å². The third kappa shape index (κ3) is 3.83. The first-order valence-corrected chi connectivity index (χ1v) is 17.1. The Morgan fingerprint density at radius 3 is 1.66 bits per heavy atom. The Kier molecular flexibility index (Phi) is 5.67. The van der Waals surface area contributed by atoms with Crippen LogP contribution in [0.1, 0.15) is 0 Å². The molecule has 8 aromatic carbocycles. The van der Waals surface area contributed by atoms with E-state index in [0.29, 0.717) is 0 Å². The molecular weight excluding hydrogens is 609 g/mol. The van der Waals surface area contributed by atoms with Gasteiger partial charge in [0.15, 0.2) is 5.58 Å². The number of aromatic nitrogens is 2. The smallest absolute Gasteiger partial charge is 0.160 e. The van der Waals surface area contributed by atoms with Crippen LogP contribution in [0.3, 0.4) is 0 Å². The van der Waals surface area contributed by atoms with E-state index in [1.54, 1.807) is 0 Å². The molecule has 0 aliphatic heterocycles. The minimum atomic E-state index is 0.863. The molecule has 0 fully saturated rings. The first-order valence-electron chi connectivity index (χ1n) is 17.1. The topological polar surface area (TPSA) is 30.4 Å². The van der Waals surface area contributed by atoms with E-state index in [9.17, 15) is 0 Å². The third-order valence-corrected chi connectivity index (χ3v) is 10.3. The van der Waals surface area contributed by atoms with Crippen LogP contribution in [0.15, 0.2) is 174 Å². The predicted molar refractivity (Wildman–Crippen MR) is 209 cm³/mol. The van der Waals surface area contributed by atoms with Gasteiger partial charge in [-0.2, -0.15) is 0 Å². The molecule has 0 spiro atoms. The summed E-state index contributed by atoms with van der Waals surface area (Å²) in [4.78, 5) is 5.11. The highest BCUT2D eigenvalue weighted by atomic mass is 16.3. The van der Waals surface area contributed by atoms with Crippen molar-refractivity contribution < 1.29 is 4.42 Å². The van der Waals surface area contributed by atoms with Gasteiger partial charge in [-0.3, -0.25) is 4.40 Å². The Labute approximate surface area is 287 Å². The van der Waals surface area contributed by atoms with E-state index >= 15 is 0 Å². The van der Waals surface area contributed by atoms with Crippen LogP contribution in [0.2, 0.25) is 0 Å². The van der Waals surface area contributed by atoms with Crippen LogP contribution in [0.25, 0.3) is 104 Å². The van der Waals surface area contributed by atoms with Crippen LogP contribution in [0.4, 0.5) is 0 Å². The molecular formula is C47H28N2O. The van der Waals surface area contributed by atoms with Crippen molar-refractivity contribution in [2.24, 2.45) is 0 Å². The van der Waals surface area contributed by atoms with Gasteiger partial charge in [-0.05, 0) is 85.3 Å². The van der Waals surface area contributed by atoms with Gasteiger partial charge in [0.25, 0.3) is 0 Å². The van der Waals surface area contributed by atoms with Crippen molar-refractivity contribution in [2.75, 3.05) is 0 Å². The summed E-state index contributed by atoms with van der Waals surface area (Å²) in [5, 5.41) is 8.21. The number of fused-ring (bicyclic) bond motifs is 12. The van der Waals surface area contributed by atoms with Crippen LogP contribution < -0.4 is 0 Å². The van der Waals surface area contributed by atoms with Gasteiger partial charge in [-0.25, -0.2) is 4.98 Å². The minimum absolute atomic E-state index is 0.863. The van der Waals surface area contributed by atoms with Gasteiger partial charge in [0.2, 0.25) is 0 Å². The summed E-state index contributed by atoms with van der Waals surface area (Å²) >= 11 is 0. The molecule has 0 unspecified atom stereocenters. The third-order valence-electron chi connectivity index (χ3n) is 10.3.